The Labute approximate surface area is 116 Å². The first-order valence-electron chi connectivity index (χ1n) is 6.40. The first kappa shape index (κ1) is 14.0. The molecule has 0 saturated heterocycles. The molecule has 0 fully saturated rings. The molecule has 0 aromatic carbocycles. The Bertz CT molecular complexity index is 624. The second kappa shape index (κ2) is 5.72. The predicted octanol–water partition coefficient (Wildman–Crippen LogP) is 0.504. The van der Waals surface area contributed by atoms with Crippen LogP contribution in [0.2, 0.25) is 0 Å². The summed E-state index contributed by atoms with van der Waals surface area (Å²) in [6.07, 6.45) is 2.23. The Morgan fingerprint density at radius 1 is 1.55 bits per heavy atom. The largest absolute Gasteiger partial charge is 0.479 e. The van der Waals surface area contributed by atoms with Gasteiger partial charge in [0.1, 0.15) is 12.4 Å². The number of anilines is 1. The van der Waals surface area contributed by atoms with Gasteiger partial charge in [0.05, 0.1) is 7.11 Å². The minimum atomic E-state index is -0.508. The van der Waals surface area contributed by atoms with Crippen molar-refractivity contribution in [3.05, 3.63) is 6.33 Å². The Kier molecular flexibility index (Phi) is 4.02. The highest BCUT2D eigenvalue weighted by Gasteiger charge is 2.22. The summed E-state index contributed by atoms with van der Waals surface area (Å²) in [7, 11) is 1.49. The molecule has 0 spiro atoms. The summed E-state index contributed by atoms with van der Waals surface area (Å²) in [6.45, 7) is 4.36. The highest BCUT2D eigenvalue weighted by atomic mass is 16.5. The number of nitrogens with one attached hydrogen (secondary N) is 1. The molecule has 108 valence electrons. The van der Waals surface area contributed by atoms with Crippen LogP contribution in [0.3, 0.4) is 0 Å². The average Bonchev–Trinajstić information content (AvgIpc) is 2.79. The first-order valence-corrected chi connectivity index (χ1v) is 6.40. The third-order valence-electron chi connectivity index (χ3n) is 2.98. The number of carbonyl (C=O) groups excluding carboxylic acids is 1. The lowest BCUT2D eigenvalue weighted by Crippen LogP contribution is -2.32. The van der Waals surface area contributed by atoms with E-state index < -0.39 is 6.04 Å². The molecule has 2 heterocycles. The van der Waals surface area contributed by atoms with Gasteiger partial charge in [-0.2, -0.15) is 4.98 Å². The Hall–Kier alpha value is -2.38. The summed E-state index contributed by atoms with van der Waals surface area (Å²) in [5, 5.41) is 2.82. The number of hydrogen-bond acceptors (Lipinski definition) is 6. The maximum atomic E-state index is 12.1. The fourth-order valence-corrected chi connectivity index (χ4v) is 1.95. The lowest BCUT2D eigenvalue weighted by Gasteiger charge is -2.15. The highest BCUT2D eigenvalue weighted by molar-refractivity contribution is 5.85. The normalized spacial score (nSPS) is 12.3. The zero-order chi connectivity index (χ0) is 14.7. The van der Waals surface area contributed by atoms with Crippen molar-refractivity contribution in [2.45, 2.75) is 26.3 Å². The van der Waals surface area contributed by atoms with E-state index >= 15 is 0 Å². The molecular weight excluding hydrogens is 260 g/mol. The van der Waals surface area contributed by atoms with Gasteiger partial charge < -0.3 is 15.8 Å². The number of nitrogens with two attached hydrogens (primary N) is 1. The van der Waals surface area contributed by atoms with Crippen LogP contribution in [0.15, 0.2) is 6.33 Å². The number of ether oxygens (including phenoxy) is 1. The van der Waals surface area contributed by atoms with Crippen LogP contribution in [0.25, 0.3) is 11.2 Å². The van der Waals surface area contributed by atoms with Gasteiger partial charge >= 0.3 is 0 Å². The van der Waals surface area contributed by atoms with Crippen molar-refractivity contribution >= 4 is 23.0 Å². The smallest absolute Gasteiger partial charge is 0.245 e. The van der Waals surface area contributed by atoms with Crippen LogP contribution in [-0.4, -0.2) is 39.1 Å². The molecule has 2 aromatic rings. The van der Waals surface area contributed by atoms with Gasteiger partial charge in [0.15, 0.2) is 11.2 Å². The van der Waals surface area contributed by atoms with E-state index in [4.69, 9.17) is 10.5 Å². The van der Waals surface area contributed by atoms with E-state index in [0.29, 0.717) is 23.6 Å². The fraction of sp³-hybridized carbons (Fsp3) is 0.500. The van der Waals surface area contributed by atoms with Crippen molar-refractivity contribution in [2.24, 2.45) is 0 Å². The molecule has 8 nitrogen and oxygen atoms in total. The molecule has 0 saturated carbocycles. The van der Waals surface area contributed by atoms with Gasteiger partial charge in [-0.25, -0.2) is 9.97 Å². The van der Waals surface area contributed by atoms with Crippen LogP contribution < -0.4 is 15.8 Å². The molecule has 8 heteroatoms. The fourth-order valence-electron chi connectivity index (χ4n) is 1.95. The van der Waals surface area contributed by atoms with Crippen LogP contribution in [0.1, 0.15) is 26.3 Å². The monoisotopic (exact) mass is 278 g/mol. The highest BCUT2D eigenvalue weighted by Crippen LogP contribution is 2.25. The van der Waals surface area contributed by atoms with Crippen molar-refractivity contribution in [3.8, 4) is 5.88 Å². The second-order valence-corrected chi connectivity index (χ2v) is 4.36. The molecule has 0 aliphatic heterocycles. The number of fused-ring (bicyclic) bond motifs is 1. The third-order valence-corrected chi connectivity index (χ3v) is 2.98. The van der Waals surface area contributed by atoms with E-state index in [-0.39, 0.29) is 11.9 Å². The molecule has 3 N–H and O–H groups in total. The number of rotatable bonds is 5. The van der Waals surface area contributed by atoms with Gasteiger partial charge in [-0.05, 0) is 13.3 Å². The van der Waals surface area contributed by atoms with Crippen LogP contribution in [0, 0.1) is 0 Å². The SMILES string of the molecule is CCCNC(=O)C(C)n1c(N)nc2c(OC)ncnc21. The van der Waals surface area contributed by atoms with Crippen LogP contribution in [0.5, 0.6) is 5.88 Å². The maximum absolute atomic E-state index is 12.1. The van der Waals surface area contributed by atoms with Gasteiger partial charge in [-0.15, -0.1) is 0 Å². The van der Waals surface area contributed by atoms with Crippen LogP contribution in [0.4, 0.5) is 5.95 Å². The van der Waals surface area contributed by atoms with E-state index in [1.807, 2.05) is 6.92 Å². The molecule has 0 bridgehead atoms. The summed E-state index contributed by atoms with van der Waals surface area (Å²) in [5.41, 5.74) is 6.82. The molecule has 1 amide bonds. The summed E-state index contributed by atoms with van der Waals surface area (Å²) in [6, 6.07) is -0.508. The number of methoxy groups -OCH3 is 1. The minimum Gasteiger partial charge on any atom is -0.479 e. The van der Waals surface area contributed by atoms with Gasteiger partial charge in [0.25, 0.3) is 0 Å². The number of amides is 1. The van der Waals surface area contributed by atoms with E-state index in [2.05, 4.69) is 20.3 Å². The summed E-state index contributed by atoms with van der Waals surface area (Å²) in [5.74, 6) is 0.412. The standard InChI is InChI=1S/C12H18N6O2/c1-4-5-14-10(19)7(2)18-9-8(17-12(18)13)11(20-3)16-6-15-9/h6-7H,4-5H2,1-3H3,(H2,13,17)(H,14,19). The van der Waals surface area contributed by atoms with Gasteiger partial charge in [0.2, 0.25) is 17.7 Å². The summed E-state index contributed by atoms with van der Waals surface area (Å²) in [4.78, 5) is 24.4. The topological polar surface area (TPSA) is 108 Å². The number of nitrogen functional groups attached to an aromatic ring is 1. The average molecular weight is 278 g/mol. The quantitative estimate of drug-likeness (QED) is 0.824. The molecule has 0 aliphatic rings. The van der Waals surface area contributed by atoms with Crippen molar-refractivity contribution < 1.29 is 9.53 Å². The molecule has 2 rings (SSSR count). The molecule has 2 aromatic heterocycles. The molecule has 0 radical (unpaired) electrons. The van der Waals surface area contributed by atoms with Crippen LogP contribution in [-0.2, 0) is 4.79 Å². The number of carbonyl (C=O) groups is 1. The van der Waals surface area contributed by atoms with Crippen molar-refractivity contribution in [3.63, 3.8) is 0 Å². The van der Waals surface area contributed by atoms with Gasteiger partial charge in [-0.3, -0.25) is 9.36 Å². The second-order valence-electron chi connectivity index (χ2n) is 4.36. The zero-order valence-corrected chi connectivity index (χ0v) is 11.8. The molecule has 20 heavy (non-hydrogen) atoms. The van der Waals surface area contributed by atoms with E-state index in [0.717, 1.165) is 6.42 Å². The van der Waals surface area contributed by atoms with Gasteiger partial charge in [0, 0.05) is 6.54 Å². The lowest BCUT2D eigenvalue weighted by atomic mass is 10.3. The number of hydrogen-bond donors (Lipinski definition) is 2. The Morgan fingerprint density at radius 3 is 2.95 bits per heavy atom. The predicted molar refractivity (Wildman–Crippen MR) is 74.3 cm³/mol. The Morgan fingerprint density at radius 2 is 2.30 bits per heavy atom. The van der Waals surface area contributed by atoms with Crippen LogP contribution >= 0.6 is 0 Å². The van der Waals surface area contributed by atoms with Crippen molar-refractivity contribution in [1.29, 1.82) is 0 Å². The first-order chi connectivity index (χ1) is 9.60. The zero-order valence-electron chi connectivity index (χ0n) is 11.8. The summed E-state index contributed by atoms with van der Waals surface area (Å²) < 4.78 is 6.69. The van der Waals surface area contributed by atoms with E-state index in [9.17, 15) is 4.79 Å². The molecule has 1 unspecified atom stereocenters. The number of nitrogens with zero attached hydrogens (tertiary/aromatic N) is 4. The van der Waals surface area contributed by atoms with Gasteiger partial charge in [-0.1, -0.05) is 6.92 Å². The van der Waals surface area contributed by atoms with E-state index in [1.54, 1.807) is 11.5 Å². The van der Waals surface area contributed by atoms with Crippen molar-refractivity contribution in [2.75, 3.05) is 19.4 Å². The van der Waals surface area contributed by atoms with E-state index in [1.165, 1.54) is 13.4 Å². The maximum Gasteiger partial charge on any atom is 0.245 e. The molecule has 1 atom stereocenters. The molecular formula is C12H18N6O2. The Balaban J connectivity index is 2.44. The number of aromatic nitrogens is 4. The summed E-state index contributed by atoms with van der Waals surface area (Å²) >= 11 is 0. The molecule has 0 aliphatic carbocycles. The minimum absolute atomic E-state index is 0.129. The third kappa shape index (κ3) is 2.36. The lowest BCUT2D eigenvalue weighted by molar-refractivity contribution is -0.123. The number of imidazole rings is 1. The van der Waals surface area contributed by atoms with Crippen molar-refractivity contribution in [1.82, 2.24) is 24.8 Å².